The molecule has 3 aromatic heterocycles. The first-order chi connectivity index (χ1) is 8.27. The normalized spacial score (nSPS) is 10.9. The largest absolute Gasteiger partial charge is 0.259 e. The average Bonchev–Trinajstić information content (AvgIpc) is 2.73. The molecule has 17 heavy (non-hydrogen) atoms. The maximum absolute atomic E-state index is 13.6. The Hall–Kier alpha value is -2.37. The molecule has 0 saturated heterocycles. The van der Waals surface area contributed by atoms with Crippen LogP contribution in [0.25, 0.3) is 16.8 Å². The second-order valence-electron chi connectivity index (χ2n) is 3.42. The van der Waals surface area contributed by atoms with E-state index in [1.807, 2.05) is 0 Å². The Kier molecular flexibility index (Phi) is 2.07. The molecule has 3 aromatic rings. The van der Waals surface area contributed by atoms with Crippen LogP contribution in [0, 0.1) is 11.6 Å². The highest BCUT2D eigenvalue weighted by Gasteiger charge is 2.16. The number of aromatic nitrogens is 4. The summed E-state index contributed by atoms with van der Waals surface area (Å²) < 4.78 is 28.6. The van der Waals surface area contributed by atoms with Gasteiger partial charge in [-0.2, -0.15) is 5.10 Å². The first-order valence-corrected chi connectivity index (χ1v) is 4.85. The molecule has 0 bridgehead atoms. The van der Waals surface area contributed by atoms with Crippen molar-refractivity contribution in [1.82, 2.24) is 19.6 Å². The molecular weight excluding hydrogens is 226 g/mol. The zero-order valence-electron chi connectivity index (χ0n) is 8.51. The molecule has 0 N–H and O–H groups in total. The van der Waals surface area contributed by atoms with Gasteiger partial charge in [-0.25, -0.2) is 18.3 Å². The average molecular weight is 232 g/mol. The number of hydrogen-bond acceptors (Lipinski definition) is 3. The first-order valence-electron chi connectivity index (χ1n) is 4.85. The van der Waals surface area contributed by atoms with Crippen LogP contribution >= 0.6 is 0 Å². The quantitative estimate of drug-likeness (QED) is 0.645. The molecule has 0 unspecified atom stereocenters. The van der Waals surface area contributed by atoms with Gasteiger partial charge < -0.3 is 0 Å². The second-order valence-corrected chi connectivity index (χ2v) is 3.42. The lowest BCUT2D eigenvalue weighted by molar-refractivity contribution is 0.579. The Labute approximate surface area is 94.6 Å². The summed E-state index contributed by atoms with van der Waals surface area (Å²) in [7, 11) is 0. The molecule has 0 aliphatic heterocycles. The highest BCUT2D eigenvalue weighted by atomic mass is 19.1. The zero-order valence-corrected chi connectivity index (χ0v) is 8.51. The smallest absolute Gasteiger partial charge is 0.162 e. The van der Waals surface area contributed by atoms with Crippen LogP contribution in [0.4, 0.5) is 8.78 Å². The minimum atomic E-state index is -0.731. The van der Waals surface area contributed by atoms with Gasteiger partial charge in [-0.1, -0.05) is 0 Å². The summed E-state index contributed by atoms with van der Waals surface area (Å²) in [6.45, 7) is 0. The number of rotatable bonds is 1. The fourth-order valence-corrected chi connectivity index (χ4v) is 1.67. The van der Waals surface area contributed by atoms with E-state index in [4.69, 9.17) is 0 Å². The Morgan fingerprint density at radius 1 is 1.06 bits per heavy atom. The minimum Gasteiger partial charge on any atom is -0.259 e. The third kappa shape index (κ3) is 1.45. The SMILES string of the molecule is Fc1cncc(F)c1-c1cnn2cccnc12. The molecule has 0 aliphatic rings. The van der Waals surface area contributed by atoms with Crippen LogP contribution in [0.2, 0.25) is 0 Å². The molecule has 4 nitrogen and oxygen atoms in total. The summed E-state index contributed by atoms with van der Waals surface area (Å²) in [6.07, 6.45) is 6.50. The Balaban J connectivity index is 2.35. The van der Waals surface area contributed by atoms with Crippen LogP contribution in [-0.2, 0) is 0 Å². The van der Waals surface area contributed by atoms with Gasteiger partial charge in [-0.05, 0) is 6.07 Å². The van der Waals surface area contributed by atoms with Crippen molar-refractivity contribution < 1.29 is 8.78 Å². The Morgan fingerprint density at radius 3 is 2.59 bits per heavy atom. The predicted molar refractivity (Wildman–Crippen MR) is 56.1 cm³/mol. The fourth-order valence-electron chi connectivity index (χ4n) is 1.67. The Morgan fingerprint density at radius 2 is 1.82 bits per heavy atom. The number of nitrogens with zero attached hydrogens (tertiary/aromatic N) is 4. The molecule has 0 amide bonds. The number of fused-ring (bicyclic) bond motifs is 1. The van der Waals surface area contributed by atoms with Crippen molar-refractivity contribution in [3.8, 4) is 11.1 Å². The standard InChI is InChI=1S/C11H6F2N4/c12-8-5-14-6-9(13)10(8)7-4-16-17-3-1-2-15-11(7)17/h1-6H. The van der Waals surface area contributed by atoms with Gasteiger partial charge >= 0.3 is 0 Å². The van der Waals surface area contributed by atoms with Gasteiger partial charge in [-0.15, -0.1) is 0 Å². The molecule has 84 valence electrons. The molecule has 0 saturated carbocycles. The van der Waals surface area contributed by atoms with Crippen molar-refractivity contribution in [2.75, 3.05) is 0 Å². The molecule has 0 aromatic carbocycles. The van der Waals surface area contributed by atoms with Crippen LogP contribution in [0.5, 0.6) is 0 Å². The van der Waals surface area contributed by atoms with E-state index >= 15 is 0 Å². The van der Waals surface area contributed by atoms with Gasteiger partial charge in [0.25, 0.3) is 0 Å². The van der Waals surface area contributed by atoms with Crippen molar-refractivity contribution >= 4 is 5.65 Å². The van der Waals surface area contributed by atoms with Gasteiger partial charge in [0, 0.05) is 12.4 Å². The molecule has 0 atom stereocenters. The van der Waals surface area contributed by atoms with Crippen LogP contribution in [0.1, 0.15) is 0 Å². The van der Waals surface area contributed by atoms with E-state index in [0.717, 1.165) is 12.4 Å². The minimum absolute atomic E-state index is 0.159. The van der Waals surface area contributed by atoms with Crippen molar-refractivity contribution in [3.63, 3.8) is 0 Å². The monoisotopic (exact) mass is 232 g/mol. The number of hydrogen-bond donors (Lipinski definition) is 0. The second kappa shape index (κ2) is 3.58. The van der Waals surface area contributed by atoms with Gasteiger partial charge in [0.1, 0.15) is 0 Å². The van der Waals surface area contributed by atoms with Crippen LogP contribution in [0.3, 0.4) is 0 Å². The summed E-state index contributed by atoms with van der Waals surface area (Å²) >= 11 is 0. The number of halogens is 2. The third-order valence-corrected chi connectivity index (χ3v) is 2.40. The van der Waals surface area contributed by atoms with Gasteiger partial charge in [-0.3, -0.25) is 4.98 Å². The maximum atomic E-state index is 13.6. The summed E-state index contributed by atoms with van der Waals surface area (Å²) in [5.41, 5.74) is 0.549. The van der Waals surface area contributed by atoms with Crippen molar-refractivity contribution in [3.05, 3.63) is 48.7 Å². The molecular formula is C11H6F2N4. The molecule has 6 heteroatoms. The molecule has 0 spiro atoms. The van der Waals surface area contributed by atoms with Gasteiger partial charge in [0.05, 0.1) is 29.7 Å². The molecule has 0 radical (unpaired) electrons. The van der Waals surface area contributed by atoms with Crippen molar-refractivity contribution in [2.45, 2.75) is 0 Å². The Bertz CT molecular complexity index is 673. The summed E-state index contributed by atoms with van der Waals surface area (Å²) in [4.78, 5) is 7.48. The van der Waals surface area contributed by atoms with Crippen molar-refractivity contribution in [2.24, 2.45) is 0 Å². The van der Waals surface area contributed by atoms with E-state index in [0.29, 0.717) is 11.2 Å². The van der Waals surface area contributed by atoms with E-state index in [2.05, 4.69) is 15.1 Å². The molecule has 3 rings (SSSR count). The number of pyridine rings is 1. The van der Waals surface area contributed by atoms with Crippen molar-refractivity contribution in [1.29, 1.82) is 0 Å². The topological polar surface area (TPSA) is 43.1 Å². The summed E-state index contributed by atoms with van der Waals surface area (Å²) in [5.74, 6) is -1.46. The van der Waals surface area contributed by atoms with Gasteiger partial charge in [0.15, 0.2) is 17.3 Å². The lowest BCUT2D eigenvalue weighted by Gasteiger charge is -2.01. The van der Waals surface area contributed by atoms with Crippen LogP contribution in [0.15, 0.2) is 37.1 Å². The highest BCUT2D eigenvalue weighted by molar-refractivity contribution is 5.77. The van der Waals surface area contributed by atoms with Crippen LogP contribution < -0.4 is 0 Å². The fraction of sp³-hybridized carbons (Fsp3) is 0. The maximum Gasteiger partial charge on any atom is 0.162 e. The first kappa shape index (κ1) is 9.83. The van der Waals surface area contributed by atoms with E-state index in [9.17, 15) is 8.78 Å². The molecule has 0 fully saturated rings. The summed E-state index contributed by atoms with van der Waals surface area (Å²) in [5, 5.41) is 3.98. The molecule has 3 heterocycles. The van der Waals surface area contributed by atoms with E-state index in [1.165, 1.54) is 16.9 Å². The van der Waals surface area contributed by atoms with Crippen LogP contribution in [-0.4, -0.2) is 19.6 Å². The summed E-state index contributed by atoms with van der Waals surface area (Å²) in [6, 6.07) is 1.68. The highest BCUT2D eigenvalue weighted by Crippen LogP contribution is 2.27. The predicted octanol–water partition coefficient (Wildman–Crippen LogP) is 2.07. The zero-order chi connectivity index (χ0) is 11.8. The van der Waals surface area contributed by atoms with E-state index < -0.39 is 11.6 Å². The molecule has 0 aliphatic carbocycles. The third-order valence-electron chi connectivity index (χ3n) is 2.40. The van der Waals surface area contributed by atoms with E-state index in [-0.39, 0.29) is 5.56 Å². The van der Waals surface area contributed by atoms with E-state index in [1.54, 1.807) is 12.3 Å². The lowest BCUT2D eigenvalue weighted by atomic mass is 10.1. The van der Waals surface area contributed by atoms with Gasteiger partial charge in [0.2, 0.25) is 0 Å². The lowest BCUT2D eigenvalue weighted by Crippen LogP contribution is -1.93.